The summed E-state index contributed by atoms with van der Waals surface area (Å²) in [6.45, 7) is 2.52. The molecule has 29 heavy (non-hydrogen) atoms. The molecule has 0 bridgehead atoms. The van der Waals surface area contributed by atoms with Gasteiger partial charge in [-0.05, 0) is 54.8 Å². The van der Waals surface area contributed by atoms with Crippen LogP contribution in [0.3, 0.4) is 0 Å². The van der Waals surface area contributed by atoms with Crippen LogP contribution in [0.25, 0.3) is 0 Å². The number of rotatable bonds is 6. The maximum atomic E-state index is 13.9. The number of nitrogens with zero attached hydrogens (tertiary/aromatic N) is 3. The topological polar surface area (TPSA) is 55.2 Å². The van der Waals surface area contributed by atoms with E-state index in [0.29, 0.717) is 29.2 Å². The highest BCUT2D eigenvalue weighted by molar-refractivity contribution is 6.30. The lowest BCUT2D eigenvalue weighted by Crippen LogP contribution is -2.08. The van der Waals surface area contributed by atoms with Gasteiger partial charge in [-0.1, -0.05) is 17.7 Å². The maximum absolute atomic E-state index is 13.9. The van der Waals surface area contributed by atoms with E-state index in [2.05, 4.69) is 15.0 Å². The van der Waals surface area contributed by atoms with E-state index in [9.17, 15) is 9.18 Å². The van der Waals surface area contributed by atoms with Gasteiger partial charge in [0.1, 0.15) is 11.6 Å². The number of aryl methyl sites for hydroxylation is 2. The molecule has 0 fully saturated rings. The molecule has 4 nitrogen and oxygen atoms in total. The van der Waals surface area contributed by atoms with Crippen LogP contribution < -0.4 is 0 Å². The third kappa shape index (κ3) is 4.40. The number of benzene rings is 1. The van der Waals surface area contributed by atoms with E-state index in [-0.39, 0.29) is 24.4 Å². The number of Topliss-reactive ketones (excluding diaryl/α,β-unsaturated/α-hetero) is 1. The van der Waals surface area contributed by atoms with Gasteiger partial charge in [0.2, 0.25) is 0 Å². The van der Waals surface area contributed by atoms with Crippen LogP contribution in [0.2, 0.25) is 5.02 Å². The van der Waals surface area contributed by atoms with Crippen LogP contribution in [-0.2, 0) is 24.2 Å². The highest BCUT2D eigenvalue weighted by atomic mass is 35.5. The van der Waals surface area contributed by atoms with Crippen molar-refractivity contribution in [3.8, 4) is 0 Å². The third-order valence-corrected chi connectivity index (χ3v) is 5.18. The van der Waals surface area contributed by atoms with Crippen molar-refractivity contribution >= 4 is 23.1 Å². The van der Waals surface area contributed by atoms with E-state index >= 15 is 0 Å². The van der Waals surface area contributed by atoms with E-state index in [1.165, 1.54) is 6.07 Å². The van der Waals surface area contributed by atoms with Gasteiger partial charge in [-0.15, -0.1) is 0 Å². The fourth-order valence-electron chi connectivity index (χ4n) is 3.47. The van der Waals surface area contributed by atoms with Crippen molar-refractivity contribution in [2.75, 3.05) is 0 Å². The lowest BCUT2D eigenvalue weighted by molar-refractivity contribution is -0.118. The summed E-state index contributed by atoms with van der Waals surface area (Å²) in [5, 5.41) is 0.350. The van der Waals surface area contributed by atoms with E-state index < -0.39 is 0 Å². The standard InChI is InChI=1S/C23H19ClFN3O/c1-14-8-16(6-7-26-14)23-21-13-27-19(9-17(21)12-28-23)11-20(29)5-3-15-2-4-18(24)10-22(15)25/h2,4,6-10,13H,3,5,11-12H2,1H3. The molecule has 1 aliphatic heterocycles. The van der Waals surface area contributed by atoms with Gasteiger partial charge in [0, 0.05) is 52.8 Å². The molecule has 0 N–H and O–H groups in total. The van der Waals surface area contributed by atoms with Crippen LogP contribution in [0.5, 0.6) is 0 Å². The minimum atomic E-state index is -0.378. The van der Waals surface area contributed by atoms with Gasteiger partial charge in [-0.25, -0.2) is 4.39 Å². The van der Waals surface area contributed by atoms with Gasteiger partial charge in [0.05, 0.1) is 12.3 Å². The zero-order valence-electron chi connectivity index (χ0n) is 16.0. The molecule has 0 amide bonds. The van der Waals surface area contributed by atoms with Crippen molar-refractivity contribution in [1.29, 1.82) is 0 Å². The summed E-state index contributed by atoms with van der Waals surface area (Å²) < 4.78 is 13.9. The Bertz CT molecular complexity index is 1130. The molecule has 0 atom stereocenters. The van der Waals surface area contributed by atoms with Crippen LogP contribution in [0.4, 0.5) is 4.39 Å². The monoisotopic (exact) mass is 407 g/mol. The number of ketones is 1. The first-order valence-electron chi connectivity index (χ1n) is 9.41. The number of aromatic nitrogens is 2. The number of fused-ring (bicyclic) bond motifs is 1. The Kier molecular flexibility index (Phi) is 5.49. The summed E-state index contributed by atoms with van der Waals surface area (Å²) in [6.07, 6.45) is 4.40. The number of aliphatic imine (C=N–C) groups is 1. The molecule has 4 rings (SSSR count). The average Bonchev–Trinajstić information content (AvgIpc) is 3.10. The largest absolute Gasteiger partial charge is 0.299 e. The summed E-state index contributed by atoms with van der Waals surface area (Å²) in [7, 11) is 0. The van der Waals surface area contributed by atoms with Gasteiger partial charge in [0.25, 0.3) is 0 Å². The van der Waals surface area contributed by atoms with Crippen LogP contribution in [0.15, 0.2) is 53.8 Å². The molecule has 3 aromatic rings. The number of halogens is 2. The third-order valence-electron chi connectivity index (χ3n) is 4.95. The van der Waals surface area contributed by atoms with Crippen molar-refractivity contribution in [2.45, 2.75) is 32.7 Å². The first-order chi connectivity index (χ1) is 14.0. The molecule has 0 saturated carbocycles. The molecule has 2 aromatic heterocycles. The molecule has 0 unspecified atom stereocenters. The lowest BCUT2D eigenvalue weighted by Gasteiger charge is -2.07. The molecular formula is C23H19ClFN3O. The molecule has 3 heterocycles. The predicted octanol–water partition coefficient (Wildman–Crippen LogP) is 4.67. The smallest absolute Gasteiger partial charge is 0.139 e. The second-order valence-corrected chi connectivity index (χ2v) is 7.57. The average molecular weight is 408 g/mol. The zero-order chi connectivity index (χ0) is 20.4. The van der Waals surface area contributed by atoms with Crippen molar-refractivity contribution in [2.24, 2.45) is 4.99 Å². The molecule has 1 aliphatic rings. The van der Waals surface area contributed by atoms with Gasteiger partial charge < -0.3 is 0 Å². The molecule has 0 saturated heterocycles. The van der Waals surface area contributed by atoms with E-state index in [0.717, 1.165) is 28.1 Å². The lowest BCUT2D eigenvalue weighted by atomic mass is 10.00. The Morgan fingerprint density at radius 1 is 1.17 bits per heavy atom. The quantitative estimate of drug-likeness (QED) is 0.596. The van der Waals surface area contributed by atoms with Crippen LogP contribution in [0.1, 0.15) is 40.1 Å². The Morgan fingerprint density at radius 3 is 2.83 bits per heavy atom. The number of hydrogen-bond donors (Lipinski definition) is 0. The van der Waals surface area contributed by atoms with E-state index in [4.69, 9.17) is 11.6 Å². The Balaban J connectivity index is 1.42. The molecule has 0 aliphatic carbocycles. The van der Waals surface area contributed by atoms with Crippen molar-refractivity contribution in [3.63, 3.8) is 0 Å². The molecule has 0 spiro atoms. The molecular weight excluding hydrogens is 389 g/mol. The molecule has 0 radical (unpaired) electrons. The molecule has 146 valence electrons. The fourth-order valence-corrected chi connectivity index (χ4v) is 3.62. The highest BCUT2D eigenvalue weighted by Crippen LogP contribution is 2.24. The SMILES string of the molecule is Cc1cc(C2=NCc3cc(CC(=O)CCc4ccc(Cl)cc4F)ncc32)ccn1. The summed E-state index contributed by atoms with van der Waals surface area (Å²) in [6, 6.07) is 10.4. The second kappa shape index (κ2) is 8.21. The van der Waals surface area contributed by atoms with Crippen LogP contribution >= 0.6 is 11.6 Å². The Morgan fingerprint density at radius 2 is 2.03 bits per heavy atom. The highest BCUT2D eigenvalue weighted by Gasteiger charge is 2.19. The summed E-state index contributed by atoms with van der Waals surface area (Å²) in [4.78, 5) is 25.7. The molecule has 6 heteroatoms. The van der Waals surface area contributed by atoms with E-state index in [1.807, 2.05) is 25.1 Å². The molecule has 1 aromatic carbocycles. The van der Waals surface area contributed by atoms with Crippen LogP contribution in [0, 0.1) is 12.7 Å². The normalized spacial score (nSPS) is 12.6. The van der Waals surface area contributed by atoms with Gasteiger partial charge in [0.15, 0.2) is 0 Å². The van der Waals surface area contributed by atoms with Crippen molar-refractivity contribution in [1.82, 2.24) is 9.97 Å². The van der Waals surface area contributed by atoms with Gasteiger partial charge in [-0.2, -0.15) is 0 Å². The Labute approximate surface area is 173 Å². The first kappa shape index (κ1) is 19.4. The second-order valence-electron chi connectivity index (χ2n) is 7.13. The summed E-state index contributed by atoms with van der Waals surface area (Å²) >= 11 is 5.76. The predicted molar refractivity (Wildman–Crippen MR) is 111 cm³/mol. The van der Waals surface area contributed by atoms with Crippen molar-refractivity contribution in [3.05, 3.63) is 93.3 Å². The van der Waals surface area contributed by atoms with E-state index in [1.54, 1.807) is 24.5 Å². The van der Waals surface area contributed by atoms with Gasteiger partial charge in [-0.3, -0.25) is 19.8 Å². The fraction of sp³-hybridized carbons (Fsp3) is 0.217. The van der Waals surface area contributed by atoms with Crippen molar-refractivity contribution < 1.29 is 9.18 Å². The maximum Gasteiger partial charge on any atom is 0.139 e. The van der Waals surface area contributed by atoms with Crippen LogP contribution in [-0.4, -0.2) is 21.5 Å². The number of hydrogen-bond acceptors (Lipinski definition) is 4. The number of pyridine rings is 2. The number of carbonyl (C=O) groups excluding carboxylic acids is 1. The number of carbonyl (C=O) groups is 1. The zero-order valence-corrected chi connectivity index (χ0v) is 16.7. The summed E-state index contributed by atoms with van der Waals surface area (Å²) in [5.74, 6) is -0.354. The van der Waals surface area contributed by atoms with Gasteiger partial charge >= 0.3 is 0 Å². The Hall–Kier alpha value is -2.92. The summed E-state index contributed by atoms with van der Waals surface area (Å²) in [5.41, 5.74) is 6.14. The minimum Gasteiger partial charge on any atom is -0.299 e. The first-order valence-corrected chi connectivity index (χ1v) is 9.78. The minimum absolute atomic E-state index is 0.0238.